The molecule has 3 N–H and O–H groups in total. The Morgan fingerprint density at radius 2 is 2.10 bits per heavy atom. The summed E-state index contributed by atoms with van der Waals surface area (Å²) in [7, 11) is 1.94. The molecule has 3 rings (SSSR count). The first kappa shape index (κ1) is 21.2. The van der Waals surface area contributed by atoms with E-state index in [9.17, 15) is 4.39 Å². The van der Waals surface area contributed by atoms with Crippen molar-refractivity contribution in [2.24, 2.45) is 12.0 Å². The van der Waals surface area contributed by atoms with Crippen molar-refractivity contribution in [3.8, 4) is 0 Å². The van der Waals surface area contributed by atoms with Gasteiger partial charge in [-0.3, -0.25) is 0 Å². The number of thioether (sulfide) groups is 1. The number of hydrogen-bond donors (Lipinski definition) is 3. The molecule has 7 nitrogen and oxygen atoms in total. The number of guanidine groups is 1. The molecule has 9 heteroatoms. The van der Waals surface area contributed by atoms with E-state index in [-0.39, 0.29) is 5.82 Å². The van der Waals surface area contributed by atoms with E-state index < -0.39 is 0 Å². The van der Waals surface area contributed by atoms with Crippen LogP contribution in [-0.4, -0.2) is 50.8 Å². The van der Waals surface area contributed by atoms with Gasteiger partial charge in [0.1, 0.15) is 18.2 Å². The Morgan fingerprint density at radius 1 is 1.28 bits per heavy atom. The predicted octanol–water partition coefficient (Wildman–Crippen LogP) is 2.77. The summed E-state index contributed by atoms with van der Waals surface area (Å²) in [6.45, 7) is 3.96. The molecule has 1 aromatic carbocycles. The minimum atomic E-state index is -0.230. The van der Waals surface area contributed by atoms with E-state index in [2.05, 4.69) is 37.1 Å². The largest absolute Gasteiger partial charge is 0.361 e. The van der Waals surface area contributed by atoms with E-state index in [4.69, 9.17) is 0 Å². The summed E-state index contributed by atoms with van der Waals surface area (Å²) >= 11 is 1.83. The SMILES string of the molecule is CSCCCNC(=NCc1nnc(C)n1C)NCCc1c[nH]c2cc(F)ccc12. The third-order valence-electron chi connectivity index (χ3n) is 4.80. The third-order valence-corrected chi connectivity index (χ3v) is 5.49. The fourth-order valence-corrected chi connectivity index (χ4v) is 3.45. The molecular formula is C20H28FN7S. The van der Waals surface area contributed by atoms with Gasteiger partial charge in [-0.2, -0.15) is 11.8 Å². The topological polar surface area (TPSA) is 82.9 Å². The van der Waals surface area contributed by atoms with Crippen LogP contribution in [0.25, 0.3) is 10.9 Å². The number of H-pyrrole nitrogens is 1. The Balaban J connectivity index is 1.60. The van der Waals surface area contributed by atoms with E-state index in [1.54, 1.807) is 0 Å². The first-order valence-corrected chi connectivity index (χ1v) is 11.1. The molecule has 2 aromatic heterocycles. The summed E-state index contributed by atoms with van der Waals surface area (Å²) < 4.78 is 15.3. The van der Waals surface area contributed by atoms with E-state index in [0.717, 1.165) is 65.8 Å². The minimum absolute atomic E-state index is 0.230. The lowest BCUT2D eigenvalue weighted by atomic mass is 10.1. The number of aromatic nitrogens is 4. The molecule has 29 heavy (non-hydrogen) atoms. The molecule has 0 aliphatic heterocycles. The maximum absolute atomic E-state index is 13.4. The quantitative estimate of drug-likeness (QED) is 0.283. The smallest absolute Gasteiger partial charge is 0.191 e. The van der Waals surface area contributed by atoms with Crippen molar-refractivity contribution < 1.29 is 4.39 Å². The number of halogens is 1. The zero-order chi connectivity index (χ0) is 20.6. The van der Waals surface area contributed by atoms with E-state index >= 15 is 0 Å². The second-order valence-electron chi connectivity index (χ2n) is 6.84. The number of aryl methyl sites for hydroxylation is 1. The monoisotopic (exact) mass is 417 g/mol. The van der Waals surface area contributed by atoms with Crippen LogP contribution in [0.5, 0.6) is 0 Å². The molecule has 0 bridgehead atoms. The van der Waals surface area contributed by atoms with Crippen LogP contribution in [0, 0.1) is 12.7 Å². The minimum Gasteiger partial charge on any atom is -0.361 e. The van der Waals surface area contributed by atoms with Crippen molar-refractivity contribution in [1.82, 2.24) is 30.4 Å². The van der Waals surface area contributed by atoms with Gasteiger partial charge in [0.25, 0.3) is 0 Å². The van der Waals surface area contributed by atoms with Crippen molar-refractivity contribution in [3.63, 3.8) is 0 Å². The number of hydrogen-bond acceptors (Lipinski definition) is 4. The average Bonchev–Trinajstić information content (AvgIpc) is 3.26. The molecule has 0 saturated carbocycles. The van der Waals surface area contributed by atoms with Gasteiger partial charge >= 0.3 is 0 Å². The number of nitrogens with zero attached hydrogens (tertiary/aromatic N) is 4. The molecule has 3 aromatic rings. The van der Waals surface area contributed by atoms with Crippen LogP contribution in [0.1, 0.15) is 23.6 Å². The molecule has 0 unspecified atom stereocenters. The summed E-state index contributed by atoms with van der Waals surface area (Å²) in [5.41, 5.74) is 1.97. The summed E-state index contributed by atoms with van der Waals surface area (Å²) in [6, 6.07) is 4.84. The van der Waals surface area contributed by atoms with E-state index in [1.807, 2.05) is 42.6 Å². The molecule has 0 aliphatic carbocycles. The van der Waals surface area contributed by atoms with Gasteiger partial charge in [-0.1, -0.05) is 0 Å². The lowest BCUT2D eigenvalue weighted by Gasteiger charge is -2.12. The normalized spacial score (nSPS) is 11.9. The van der Waals surface area contributed by atoms with Gasteiger partial charge in [-0.15, -0.1) is 10.2 Å². The molecule has 0 fully saturated rings. The maximum atomic E-state index is 13.4. The fraction of sp³-hybridized carbons (Fsp3) is 0.450. The predicted molar refractivity (Wildman–Crippen MR) is 118 cm³/mol. The highest BCUT2D eigenvalue weighted by atomic mass is 32.2. The Kier molecular flexibility index (Phi) is 7.51. The molecule has 0 atom stereocenters. The van der Waals surface area contributed by atoms with Gasteiger partial charge in [0.05, 0.1) is 0 Å². The zero-order valence-electron chi connectivity index (χ0n) is 17.1. The van der Waals surface area contributed by atoms with Crippen LogP contribution in [0.15, 0.2) is 29.4 Å². The van der Waals surface area contributed by atoms with Gasteiger partial charge in [-0.25, -0.2) is 9.38 Å². The van der Waals surface area contributed by atoms with Crippen molar-refractivity contribution in [3.05, 3.63) is 47.4 Å². The molecule has 2 heterocycles. The second kappa shape index (κ2) is 10.3. The van der Waals surface area contributed by atoms with E-state index in [1.165, 1.54) is 12.1 Å². The number of nitrogens with one attached hydrogen (secondary N) is 3. The van der Waals surface area contributed by atoms with Crippen LogP contribution >= 0.6 is 11.8 Å². The highest BCUT2D eigenvalue weighted by Crippen LogP contribution is 2.19. The van der Waals surface area contributed by atoms with Crippen molar-refractivity contribution in [2.75, 3.05) is 25.1 Å². The standard InChI is InChI=1S/C20H28FN7S/c1-14-26-27-19(28(14)2)13-25-20(22-8-4-10-29-3)23-9-7-15-12-24-18-11-16(21)5-6-17(15)18/h5-6,11-12,24H,4,7-10,13H2,1-3H3,(H2,22,23,25). The lowest BCUT2D eigenvalue weighted by molar-refractivity contribution is 0.629. The van der Waals surface area contributed by atoms with Crippen molar-refractivity contribution >= 4 is 28.6 Å². The van der Waals surface area contributed by atoms with E-state index in [0.29, 0.717) is 6.54 Å². The van der Waals surface area contributed by atoms with Gasteiger partial charge in [-0.05, 0) is 55.5 Å². The lowest BCUT2D eigenvalue weighted by Crippen LogP contribution is -2.39. The highest BCUT2D eigenvalue weighted by molar-refractivity contribution is 7.98. The summed E-state index contributed by atoms with van der Waals surface area (Å²) in [4.78, 5) is 7.80. The Hall–Kier alpha value is -2.55. The first-order chi connectivity index (χ1) is 14.1. The average molecular weight is 418 g/mol. The molecule has 156 valence electrons. The number of fused-ring (bicyclic) bond motifs is 1. The second-order valence-corrected chi connectivity index (χ2v) is 7.83. The van der Waals surface area contributed by atoms with Crippen LogP contribution in [0.4, 0.5) is 4.39 Å². The van der Waals surface area contributed by atoms with Crippen LogP contribution in [-0.2, 0) is 20.0 Å². The number of benzene rings is 1. The Morgan fingerprint density at radius 3 is 2.86 bits per heavy atom. The van der Waals surface area contributed by atoms with Gasteiger partial charge in [0, 0.05) is 37.2 Å². The van der Waals surface area contributed by atoms with Gasteiger partial charge in [0.15, 0.2) is 11.8 Å². The maximum Gasteiger partial charge on any atom is 0.191 e. The fourth-order valence-electron chi connectivity index (χ4n) is 3.02. The molecule has 0 amide bonds. The van der Waals surface area contributed by atoms with Crippen LogP contribution < -0.4 is 10.6 Å². The molecule has 0 saturated heterocycles. The van der Waals surface area contributed by atoms with Crippen LogP contribution in [0.3, 0.4) is 0 Å². The Bertz CT molecular complexity index is 963. The third kappa shape index (κ3) is 5.72. The molecule has 0 aliphatic rings. The summed E-state index contributed by atoms with van der Waals surface area (Å²) in [5.74, 6) is 3.33. The number of aromatic amines is 1. The first-order valence-electron chi connectivity index (χ1n) is 9.70. The summed E-state index contributed by atoms with van der Waals surface area (Å²) in [6.07, 6.45) is 5.92. The Labute approximate surface area is 174 Å². The zero-order valence-corrected chi connectivity index (χ0v) is 17.9. The van der Waals surface area contributed by atoms with Gasteiger partial charge in [0.2, 0.25) is 0 Å². The number of rotatable bonds is 9. The highest BCUT2D eigenvalue weighted by Gasteiger charge is 2.07. The van der Waals surface area contributed by atoms with Crippen LogP contribution in [0.2, 0.25) is 0 Å². The van der Waals surface area contributed by atoms with Crippen molar-refractivity contribution in [2.45, 2.75) is 26.3 Å². The number of aliphatic imine (C=N–C) groups is 1. The van der Waals surface area contributed by atoms with Gasteiger partial charge < -0.3 is 20.2 Å². The van der Waals surface area contributed by atoms with Crippen molar-refractivity contribution in [1.29, 1.82) is 0 Å². The molecular weight excluding hydrogens is 389 g/mol. The summed E-state index contributed by atoms with van der Waals surface area (Å²) in [5, 5.41) is 16.1. The molecule has 0 radical (unpaired) electrons. The molecule has 0 spiro atoms.